The van der Waals surface area contributed by atoms with Gasteiger partial charge in [-0.1, -0.05) is 0 Å². The van der Waals surface area contributed by atoms with Gasteiger partial charge in [-0.3, -0.25) is 10.1 Å². The number of halogens is 1. The molecule has 1 aliphatic rings. The molecule has 0 aromatic carbocycles. The van der Waals surface area contributed by atoms with Crippen LogP contribution in [0.2, 0.25) is 5.28 Å². The molecule has 0 bridgehead atoms. The van der Waals surface area contributed by atoms with Gasteiger partial charge in [-0.25, -0.2) is 4.98 Å². The van der Waals surface area contributed by atoms with E-state index in [-0.39, 0.29) is 17.0 Å². The lowest BCUT2D eigenvalue weighted by atomic mass is 10.2. The molecule has 0 atom stereocenters. The molecular formula is C13H13ClN4O2S. The molecule has 2 aromatic rings. The van der Waals surface area contributed by atoms with E-state index in [4.69, 9.17) is 11.6 Å². The Morgan fingerprint density at radius 2 is 2.29 bits per heavy atom. The van der Waals surface area contributed by atoms with Crippen molar-refractivity contribution in [2.45, 2.75) is 32.4 Å². The summed E-state index contributed by atoms with van der Waals surface area (Å²) in [5.41, 5.74) is 1.36. The highest BCUT2D eigenvalue weighted by Crippen LogP contribution is 2.38. The van der Waals surface area contributed by atoms with E-state index >= 15 is 0 Å². The van der Waals surface area contributed by atoms with E-state index in [0.29, 0.717) is 18.1 Å². The molecule has 0 amide bonds. The molecule has 1 saturated carbocycles. The van der Waals surface area contributed by atoms with E-state index in [1.54, 1.807) is 18.3 Å². The summed E-state index contributed by atoms with van der Waals surface area (Å²) < 4.78 is 0. The summed E-state index contributed by atoms with van der Waals surface area (Å²) in [6.07, 6.45) is 2.03. The number of hydrogen-bond acceptors (Lipinski definition) is 6. The Morgan fingerprint density at radius 3 is 2.86 bits per heavy atom. The molecular weight excluding hydrogens is 312 g/mol. The molecule has 0 N–H and O–H groups in total. The standard InChI is InChI=1S/C13H13ClN4O2S/c1-8-11(18(19)20)12(16-13(14)15-8)17(10-2-3-10)6-9-4-5-21-7-9/h4-5,7,10H,2-3,6H2,1H3. The van der Waals surface area contributed by atoms with Crippen molar-refractivity contribution in [2.75, 3.05) is 4.90 Å². The maximum absolute atomic E-state index is 11.4. The first-order valence-corrected chi connectivity index (χ1v) is 7.84. The van der Waals surface area contributed by atoms with E-state index in [1.807, 2.05) is 21.7 Å². The van der Waals surface area contributed by atoms with Crippen LogP contribution >= 0.6 is 22.9 Å². The molecule has 2 aromatic heterocycles. The first-order valence-electron chi connectivity index (χ1n) is 6.52. The Hall–Kier alpha value is -1.73. The highest BCUT2D eigenvalue weighted by Gasteiger charge is 2.35. The van der Waals surface area contributed by atoms with Crippen LogP contribution in [0.3, 0.4) is 0 Å². The van der Waals surface area contributed by atoms with Crippen LogP contribution in [0, 0.1) is 17.0 Å². The van der Waals surface area contributed by atoms with Gasteiger partial charge < -0.3 is 4.90 Å². The minimum Gasteiger partial charge on any atom is -0.343 e. The van der Waals surface area contributed by atoms with Gasteiger partial charge in [0.15, 0.2) is 0 Å². The number of anilines is 1. The zero-order chi connectivity index (χ0) is 15.0. The third-order valence-corrected chi connectivity index (χ3v) is 4.29. The molecule has 0 aliphatic heterocycles. The predicted molar refractivity (Wildman–Crippen MR) is 82.0 cm³/mol. The van der Waals surface area contributed by atoms with Crippen LogP contribution in [0.1, 0.15) is 24.1 Å². The SMILES string of the molecule is Cc1nc(Cl)nc(N(Cc2ccsc2)C2CC2)c1[N+](=O)[O-]. The second-order valence-corrected chi connectivity index (χ2v) is 6.12. The normalized spacial score (nSPS) is 14.2. The molecule has 0 saturated heterocycles. The minimum atomic E-state index is -0.427. The van der Waals surface area contributed by atoms with E-state index in [9.17, 15) is 10.1 Å². The molecule has 2 heterocycles. The first-order chi connectivity index (χ1) is 10.1. The molecule has 6 nitrogen and oxygen atoms in total. The van der Waals surface area contributed by atoms with Gasteiger partial charge >= 0.3 is 5.69 Å². The molecule has 0 radical (unpaired) electrons. The summed E-state index contributed by atoms with van der Waals surface area (Å²) in [6, 6.07) is 2.30. The zero-order valence-corrected chi connectivity index (χ0v) is 12.9. The molecule has 21 heavy (non-hydrogen) atoms. The largest absolute Gasteiger partial charge is 0.343 e. The van der Waals surface area contributed by atoms with Crippen molar-refractivity contribution in [3.05, 3.63) is 43.5 Å². The van der Waals surface area contributed by atoms with Crippen molar-refractivity contribution in [3.63, 3.8) is 0 Å². The second kappa shape index (κ2) is 5.57. The first kappa shape index (κ1) is 14.2. The molecule has 110 valence electrons. The lowest BCUT2D eigenvalue weighted by Crippen LogP contribution is -2.27. The highest BCUT2D eigenvalue weighted by molar-refractivity contribution is 7.07. The van der Waals surface area contributed by atoms with Gasteiger partial charge in [0.05, 0.1) is 4.92 Å². The van der Waals surface area contributed by atoms with Crippen molar-refractivity contribution < 1.29 is 4.92 Å². The third kappa shape index (κ3) is 2.98. The average molecular weight is 325 g/mol. The topological polar surface area (TPSA) is 72.2 Å². The van der Waals surface area contributed by atoms with Gasteiger partial charge in [0, 0.05) is 12.6 Å². The van der Waals surface area contributed by atoms with Crippen molar-refractivity contribution in [3.8, 4) is 0 Å². The van der Waals surface area contributed by atoms with Crippen LogP contribution in [-0.2, 0) is 6.54 Å². The monoisotopic (exact) mass is 324 g/mol. The lowest BCUT2D eigenvalue weighted by molar-refractivity contribution is -0.385. The van der Waals surface area contributed by atoms with Gasteiger partial charge in [0.2, 0.25) is 11.1 Å². The highest BCUT2D eigenvalue weighted by atomic mass is 35.5. The fraction of sp³-hybridized carbons (Fsp3) is 0.385. The van der Waals surface area contributed by atoms with Crippen LogP contribution in [0.5, 0.6) is 0 Å². The smallest absolute Gasteiger partial charge is 0.332 e. The fourth-order valence-corrected chi connectivity index (χ4v) is 3.14. The van der Waals surface area contributed by atoms with Gasteiger partial charge in [-0.2, -0.15) is 16.3 Å². The van der Waals surface area contributed by atoms with Crippen molar-refractivity contribution in [1.29, 1.82) is 0 Å². The summed E-state index contributed by atoms with van der Waals surface area (Å²) in [7, 11) is 0. The third-order valence-electron chi connectivity index (χ3n) is 3.39. The van der Waals surface area contributed by atoms with Gasteiger partial charge in [-0.15, -0.1) is 0 Å². The van der Waals surface area contributed by atoms with Crippen LogP contribution < -0.4 is 4.90 Å². The van der Waals surface area contributed by atoms with E-state index < -0.39 is 4.92 Å². The molecule has 0 unspecified atom stereocenters. The maximum Gasteiger partial charge on any atom is 0.332 e. The quantitative estimate of drug-likeness (QED) is 0.477. The van der Waals surface area contributed by atoms with Crippen LogP contribution in [0.25, 0.3) is 0 Å². The number of thiophene rings is 1. The van der Waals surface area contributed by atoms with Crippen molar-refractivity contribution in [2.24, 2.45) is 0 Å². The summed E-state index contributed by atoms with van der Waals surface area (Å²) in [4.78, 5) is 21.0. The van der Waals surface area contributed by atoms with E-state index in [2.05, 4.69) is 9.97 Å². The number of aryl methyl sites for hydroxylation is 1. The summed E-state index contributed by atoms with van der Waals surface area (Å²) in [5, 5.41) is 15.4. The van der Waals surface area contributed by atoms with Gasteiger partial charge in [0.1, 0.15) is 5.69 Å². The molecule has 0 spiro atoms. The average Bonchev–Trinajstić information content (AvgIpc) is 3.11. The van der Waals surface area contributed by atoms with E-state index in [1.165, 1.54) is 0 Å². The Kier molecular flexibility index (Phi) is 3.77. The van der Waals surface area contributed by atoms with Crippen molar-refractivity contribution >= 4 is 34.4 Å². The van der Waals surface area contributed by atoms with Gasteiger partial charge in [0.25, 0.3) is 0 Å². The summed E-state index contributed by atoms with van der Waals surface area (Å²) in [5.74, 6) is 0.325. The summed E-state index contributed by atoms with van der Waals surface area (Å²) >= 11 is 7.51. The Balaban J connectivity index is 2.04. The number of rotatable bonds is 5. The fourth-order valence-electron chi connectivity index (χ4n) is 2.27. The lowest BCUT2D eigenvalue weighted by Gasteiger charge is -2.23. The molecule has 1 aliphatic carbocycles. The zero-order valence-electron chi connectivity index (χ0n) is 11.3. The Labute approximate surface area is 130 Å². The summed E-state index contributed by atoms with van der Waals surface area (Å²) in [6.45, 7) is 2.19. The van der Waals surface area contributed by atoms with Crippen LogP contribution in [-0.4, -0.2) is 20.9 Å². The van der Waals surface area contributed by atoms with Crippen molar-refractivity contribution in [1.82, 2.24) is 9.97 Å². The minimum absolute atomic E-state index is 0.0454. The molecule has 8 heteroatoms. The Morgan fingerprint density at radius 1 is 1.52 bits per heavy atom. The van der Waals surface area contributed by atoms with Gasteiger partial charge in [-0.05, 0) is 53.8 Å². The molecule has 3 rings (SSSR count). The van der Waals surface area contributed by atoms with Crippen LogP contribution in [0.15, 0.2) is 16.8 Å². The Bertz CT molecular complexity index is 673. The predicted octanol–water partition coefficient (Wildman–Crippen LogP) is 3.58. The number of aromatic nitrogens is 2. The second-order valence-electron chi connectivity index (χ2n) is 5.00. The number of hydrogen-bond donors (Lipinski definition) is 0. The van der Waals surface area contributed by atoms with Crippen LogP contribution in [0.4, 0.5) is 11.5 Å². The molecule has 1 fully saturated rings. The number of nitro groups is 1. The number of nitrogens with zero attached hydrogens (tertiary/aromatic N) is 4. The maximum atomic E-state index is 11.4. The van der Waals surface area contributed by atoms with E-state index in [0.717, 1.165) is 18.4 Å².